The molecule has 3 aliphatic carbocycles. The summed E-state index contributed by atoms with van der Waals surface area (Å²) in [6.07, 6.45) is 1.49. The maximum absolute atomic E-state index is 12.5. The third-order valence-corrected chi connectivity index (χ3v) is 6.51. The highest BCUT2D eigenvalue weighted by Gasteiger charge is 2.42. The lowest BCUT2D eigenvalue weighted by Crippen LogP contribution is -2.39. The second-order valence-electron chi connectivity index (χ2n) is 7.89. The molecular formula is C25H22ClNO. The van der Waals surface area contributed by atoms with Crippen LogP contribution in [-0.2, 0) is 11.2 Å². The van der Waals surface area contributed by atoms with Gasteiger partial charge in [0.1, 0.15) is 0 Å². The van der Waals surface area contributed by atoms with E-state index in [-0.39, 0.29) is 5.91 Å². The van der Waals surface area contributed by atoms with Crippen LogP contribution in [0.15, 0.2) is 72.8 Å². The van der Waals surface area contributed by atoms with Crippen molar-refractivity contribution in [3.8, 4) is 0 Å². The minimum atomic E-state index is 0.0744. The largest absolute Gasteiger partial charge is 0.356 e. The van der Waals surface area contributed by atoms with Gasteiger partial charge in [-0.15, -0.1) is 0 Å². The van der Waals surface area contributed by atoms with Crippen LogP contribution in [0.3, 0.4) is 0 Å². The van der Waals surface area contributed by atoms with Gasteiger partial charge in [0.15, 0.2) is 0 Å². The first-order chi connectivity index (χ1) is 13.7. The molecule has 3 heteroatoms. The maximum Gasteiger partial charge on any atom is 0.224 e. The van der Waals surface area contributed by atoms with Crippen molar-refractivity contribution in [3.05, 3.63) is 106 Å². The summed E-state index contributed by atoms with van der Waals surface area (Å²) in [5.74, 6) is 1.32. The van der Waals surface area contributed by atoms with Gasteiger partial charge < -0.3 is 5.32 Å². The lowest BCUT2D eigenvalue weighted by Gasteiger charge is -2.45. The van der Waals surface area contributed by atoms with E-state index in [4.69, 9.17) is 11.6 Å². The third-order valence-electron chi connectivity index (χ3n) is 6.26. The van der Waals surface area contributed by atoms with E-state index in [1.54, 1.807) is 0 Å². The monoisotopic (exact) mass is 387 g/mol. The van der Waals surface area contributed by atoms with Gasteiger partial charge >= 0.3 is 0 Å². The van der Waals surface area contributed by atoms with Crippen molar-refractivity contribution in [1.29, 1.82) is 0 Å². The summed E-state index contributed by atoms with van der Waals surface area (Å²) in [7, 11) is 0. The van der Waals surface area contributed by atoms with Crippen LogP contribution in [0, 0.1) is 5.92 Å². The van der Waals surface area contributed by atoms with Crippen molar-refractivity contribution >= 4 is 17.5 Å². The number of hydrogen-bond acceptors (Lipinski definition) is 1. The fraction of sp³-hybridized carbons (Fsp3) is 0.240. The van der Waals surface area contributed by atoms with Gasteiger partial charge in [0.05, 0.1) is 6.42 Å². The molecule has 3 aromatic rings. The first kappa shape index (κ1) is 17.5. The summed E-state index contributed by atoms with van der Waals surface area (Å²) >= 11 is 5.93. The molecule has 140 valence electrons. The molecule has 0 fully saturated rings. The lowest BCUT2D eigenvalue weighted by molar-refractivity contribution is -0.120. The highest BCUT2D eigenvalue weighted by molar-refractivity contribution is 6.30. The quantitative estimate of drug-likeness (QED) is 0.647. The summed E-state index contributed by atoms with van der Waals surface area (Å²) < 4.78 is 0. The zero-order valence-electron chi connectivity index (χ0n) is 15.6. The van der Waals surface area contributed by atoms with Crippen molar-refractivity contribution in [1.82, 2.24) is 5.32 Å². The van der Waals surface area contributed by atoms with Gasteiger partial charge in [-0.2, -0.15) is 0 Å². The molecule has 0 spiro atoms. The Labute approximate surface area is 170 Å². The van der Waals surface area contributed by atoms with Gasteiger partial charge in [-0.25, -0.2) is 0 Å². The fourth-order valence-corrected chi connectivity index (χ4v) is 5.18. The van der Waals surface area contributed by atoms with E-state index in [9.17, 15) is 4.79 Å². The first-order valence-corrected chi connectivity index (χ1v) is 10.3. The molecule has 3 aliphatic rings. The molecular weight excluding hydrogens is 366 g/mol. The smallest absolute Gasteiger partial charge is 0.224 e. The Balaban J connectivity index is 1.34. The van der Waals surface area contributed by atoms with E-state index in [0.29, 0.717) is 29.2 Å². The molecule has 6 rings (SSSR count). The fourth-order valence-electron chi connectivity index (χ4n) is 5.05. The van der Waals surface area contributed by atoms with Gasteiger partial charge in [0.25, 0.3) is 0 Å². The number of amides is 1. The Kier molecular flexibility index (Phi) is 4.44. The average Bonchev–Trinajstić information content (AvgIpc) is 2.74. The highest BCUT2D eigenvalue weighted by atomic mass is 35.5. The van der Waals surface area contributed by atoms with E-state index in [1.165, 1.54) is 22.3 Å². The lowest BCUT2D eigenvalue weighted by atomic mass is 9.59. The molecule has 0 radical (unpaired) electrons. The minimum Gasteiger partial charge on any atom is -0.356 e. The predicted octanol–water partition coefficient (Wildman–Crippen LogP) is 5.30. The number of halogens is 1. The summed E-state index contributed by atoms with van der Waals surface area (Å²) in [4.78, 5) is 12.5. The molecule has 3 aromatic carbocycles. The molecule has 0 heterocycles. The third kappa shape index (κ3) is 3.02. The summed E-state index contributed by atoms with van der Waals surface area (Å²) in [5.41, 5.74) is 6.80. The molecule has 1 unspecified atom stereocenters. The first-order valence-electron chi connectivity index (χ1n) is 9.89. The van der Waals surface area contributed by atoms with E-state index in [0.717, 1.165) is 18.5 Å². The number of nitrogens with one attached hydrogen (secondary N) is 1. The van der Waals surface area contributed by atoms with Crippen LogP contribution in [0.4, 0.5) is 0 Å². The second-order valence-corrected chi connectivity index (χ2v) is 8.33. The number of hydrogen-bond donors (Lipinski definition) is 1. The van der Waals surface area contributed by atoms with Gasteiger partial charge in [-0.3, -0.25) is 4.79 Å². The molecule has 1 amide bonds. The summed E-state index contributed by atoms with van der Waals surface area (Å²) in [6, 6.07) is 25.1. The number of carbonyl (C=O) groups excluding carboxylic acids is 1. The van der Waals surface area contributed by atoms with Gasteiger partial charge in [0.2, 0.25) is 5.91 Å². The predicted molar refractivity (Wildman–Crippen MR) is 113 cm³/mol. The Bertz CT molecular complexity index is 979. The van der Waals surface area contributed by atoms with E-state index in [1.807, 2.05) is 24.3 Å². The van der Waals surface area contributed by atoms with Crippen LogP contribution < -0.4 is 5.32 Å². The zero-order valence-corrected chi connectivity index (χ0v) is 16.3. The maximum atomic E-state index is 12.5. The van der Waals surface area contributed by atoms with Crippen molar-refractivity contribution in [2.45, 2.75) is 24.7 Å². The Morgan fingerprint density at radius 3 is 2.04 bits per heavy atom. The molecule has 28 heavy (non-hydrogen) atoms. The number of benzene rings is 3. The van der Waals surface area contributed by atoms with Gasteiger partial charge in [0, 0.05) is 23.4 Å². The van der Waals surface area contributed by atoms with E-state index in [2.05, 4.69) is 53.8 Å². The zero-order chi connectivity index (χ0) is 19.1. The van der Waals surface area contributed by atoms with Crippen LogP contribution in [0.1, 0.15) is 46.1 Å². The Hall–Kier alpha value is -2.58. The molecule has 1 N–H and O–H groups in total. The number of rotatable bonds is 4. The van der Waals surface area contributed by atoms with Crippen molar-refractivity contribution in [2.75, 3.05) is 6.54 Å². The van der Waals surface area contributed by atoms with Gasteiger partial charge in [-0.1, -0.05) is 72.3 Å². The summed E-state index contributed by atoms with van der Waals surface area (Å²) in [5, 5.41) is 3.88. The molecule has 0 saturated heterocycles. The number of fused-ring (bicyclic) bond motifs is 1. The molecule has 0 saturated carbocycles. The van der Waals surface area contributed by atoms with Crippen LogP contribution in [0.2, 0.25) is 5.02 Å². The standard InChI is InChI=1S/C25H22ClNO/c26-18-11-9-16(10-12-18)13-24(28)27-15-17-14-23-19-5-1-3-7-21(19)25(17)22-8-4-2-6-20(22)23/h1-12,17,23,25H,13-15H2,(H,27,28). The van der Waals surface area contributed by atoms with Crippen LogP contribution in [0.25, 0.3) is 0 Å². The van der Waals surface area contributed by atoms with E-state index >= 15 is 0 Å². The SMILES string of the molecule is O=C(Cc1ccc(Cl)cc1)NCC1CC2c3ccccc3C1c1ccccc12. The van der Waals surface area contributed by atoms with Crippen molar-refractivity contribution in [3.63, 3.8) is 0 Å². The molecule has 2 nitrogen and oxygen atoms in total. The van der Waals surface area contributed by atoms with Crippen LogP contribution >= 0.6 is 11.6 Å². The average molecular weight is 388 g/mol. The summed E-state index contributed by atoms with van der Waals surface area (Å²) in [6.45, 7) is 0.719. The van der Waals surface area contributed by atoms with Gasteiger partial charge in [-0.05, 0) is 52.3 Å². The van der Waals surface area contributed by atoms with E-state index < -0.39 is 0 Å². The highest BCUT2D eigenvalue weighted by Crippen LogP contribution is 2.55. The molecule has 0 aromatic heterocycles. The number of carbonyl (C=O) groups is 1. The Morgan fingerprint density at radius 1 is 0.857 bits per heavy atom. The van der Waals surface area contributed by atoms with Crippen molar-refractivity contribution in [2.24, 2.45) is 5.92 Å². The minimum absolute atomic E-state index is 0.0744. The molecule has 1 atom stereocenters. The normalized spacial score (nSPS) is 21.7. The van der Waals surface area contributed by atoms with Crippen LogP contribution in [-0.4, -0.2) is 12.5 Å². The molecule has 2 bridgehead atoms. The molecule has 0 aliphatic heterocycles. The van der Waals surface area contributed by atoms with Crippen LogP contribution in [0.5, 0.6) is 0 Å². The topological polar surface area (TPSA) is 29.1 Å². The van der Waals surface area contributed by atoms with Crippen molar-refractivity contribution < 1.29 is 4.79 Å². The second kappa shape index (κ2) is 7.10. The Morgan fingerprint density at radius 2 is 1.43 bits per heavy atom.